The largest absolute Gasteiger partial charge is 0.281 e. The first-order valence-corrected chi connectivity index (χ1v) is 8.03. The van der Waals surface area contributed by atoms with Gasteiger partial charge in [0.1, 0.15) is 0 Å². The molecule has 0 N–H and O–H groups in total. The molecule has 0 aromatic rings. The minimum absolute atomic E-state index is 0.117. The smallest absolute Gasteiger partial charge is 0.242 e. The van der Waals surface area contributed by atoms with Crippen LogP contribution >= 0.6 is 11.8 Å². The van der Waals surface area contributed by atoms with Crippen molar-refractivity contribution in [1.29, 1.82) is 0 Å². The molecule has 20 heavy (non-hydrogen) atoms. The number of carbonyl (C=O) groups excluding carboxylic acids is 4. The first-order valence-electron chi connectivity index (χ1n) is 6.74. The molecular weight excluding hydrogens is 280 g/mol. The van der Waals surface area contributed by atoms with Crippen molar-refractivity contribution in [1.82, 2.24) is 9.80 Å². The van der Waals surface area contributed by atoms with E-state index in [1.807, 2.05) is 13.8 Å². The van der Waals surface area contributed by atoms with Gasteiger partial charge in [-0.1, -0.05) is 13.8 Å². The topological polar surface area (TPSA) is 74.8 Å². The van der Waals surface area contributed by atoms with Crippen LogP contribution in [0.2, 0.25) is 0 Å². The van der Waals surface area contributed by atoms with Crippen LogP contribution in [0.3, 0.4) is 0 Å². The Balaban J connectivity index is 0.000000956. The molecule has 1 unspecified atom stereocenters. The third-order valence-corrected chi connectivity index (χ3v) is 4.13. The second kappa shape index (κ2) is 7.42. The zero-order valence-electron chi connectivity index (χ0n) is 12.0. The number of hydrogen-bond acceptors (Lipinski definition) is 5. The van der Waals surface area contributed by atoms with Gasteiger partial charge in [0, 0.05) is 32.4 Å². The van der Waals surface area contributed by atoms with Gasteiger partial charge >= 0.3 is 0 Å². The molecule has 7 heteroatoms. The third-order valence-electron chi connectivity index (χ3n) is 3.19. The normalized spacial score (nSPS) is 22.4. The summed E-state index contributed by atoms with van der Waals surface area (Å²) in [6.45, 7) is 4.24. The van der Waals surface area contributed by atoms with Crippen LogP contribution in [0.15, 0.2) is 0 Å². The SMILES string of the molecule is CC.CSC1CC(=O)N(CCN2C(=O)CCC2=O)C1=O. The lowest BCUT2D eigenvalue weighted by molar-refractivity contribution is -0.143. The maximum Gasteiger partial charge on any atom is 0.242 e. The fourth-order valence-corrected chi connectivity index (χ4v) is 2.78. The lowest BCUT2D eigenvalue weighted by Crippen LogP contribution is -2.40. The molecule has 1 atom stereocenters. The van der Waals surface area contributed by atoms with Crippen LogP contribution < -0.4 is 0 Å². The van der Waals surface area contributed by atoms with Crippen molar-refractivity contribution < 1.29 is 19.2 Å². The van der Waals surface area contributed by atoms with Gasteiger partial charge in [-0.3, -0.25) is 29.0 Å². The van der Waals surface area contributed by atoms with Gasteiger partial charge < -0.3 is 0 Å². The van der Waals surface area contributed by atoms with Crippen molar-refractivity contribution in [2.75, 3.05) is 19.3 Å². The molecule has 6 nitrogen and oxygen atoms in total. The summed E-state index contributed by atoms with van der Waals surface area (Å²) in [4.78, 5) is 48.5. The summed E-state index contributed by atoms with van der Waals surface area (Å²) in [5, 5.41) is -0.317. The summed E-state index contributed by atoms with van der Waals surface area (Å²) in [6, 6.07) is 0. The second-order valence-electron chi connectivity index (χ2n) is 4.25. The molecule has 0 radical (unpaired) electrons. The zero-order chi connectivity index (χ0) is 15.3. The fraction of sp³-hybridized carbons (Fsp3) is 0.692. The van der Waals surface area contributed by atoms with E-state index in [9.17, 15) is 19.2 Å². The van der Waals surface area contributed by atoms with E-state index in [-0.39, 0.29) is 61.2 Å². The Bertz CT molecular complexity index is 409. The van der Waals surface area contributed by atoms with Gasteiger partial charge in [-0.05, 0) is 6.26 Å². The van der Waals surface area contributed by atoms with Crippen molar-refractivity contribution in [3.05, 3.63) is 0 Å². The van der Waals surface area contributed by atoms with Gasteiger partial charge in [-0.25, -0.2) is 0 Å². The van der Waals surface area contributed by atoms with Crippen LogP contribution in [0.5, 0.6) is 0 Å². The Labute approximate surface area is 122 Å². The van der Waals surface area contributed by atoms with Gasteiger partial charge in [0.15, 0.2) is 0 Å². The van der Waals surface area contributed by atoms with Gasteiger partial charge in [-0.2, -0.15) is 11.8 Å². The maximum absolute atomic E-state index is 11.8. The number of thioether (sulfide) groups is 1. The van der Waals surface area contributed by atoms with Gasteiger partial charge in [0.2, 0.25) is 23.6 Å². The van der Waals surface area contributed by atoms with Crippen molar-refractivity contribution in [3.63, 3.8) is 0 Å². The highest BCUT2D eigenvalue weighted by Gasteiger charge is 2.39. The molecule has 2 aliphatic rings. The molecule has 0 aromatic heterocycles. The zero-order valence-corrected chi connectivity index (χ0v) is 12.9. The van der Waals surface area contributed by atoms with E-state index in [1.54, 1.807) is 6.26 Å². The van der Waals surface area contributed by atoms with Gasteiger partial charge in [-0.15, -0.1) is 0 Å². The summed E-state index contributed by atoms with van der Waals surface area (Å²) in [5.41, 5.74) is 0. The molecular formula is C13H20N2O4S. The second-order valence-corrected chi connectivity index (χ2v) is 5.29. The monoisotopic (exact) mass is 300 g/mol. The molecule has 0 bridgehead atoms. The standard InChI is InChI=1S/C11H14N2O4S.C2H6/c1-18-7-6-10(16)13(11(7)17)5-4-12-8(14)2-3-9(12)15;1-2/h7H,2-6H2,1H3;1-2H3. The van der Waals surface area contributed by atoms with E-state index < -0.39 is 0 Å². The van der Waals surface area contributed by atoms with Crippen LogP contribution in [0, 0.1) is 0 Å². The Hall–Kier alpha value is -1.37. The number of imide groups is 2. The average molecular weight is 300 g/mol. The fourth-order valence-electron chi connectivity index (χ4n) is 2.14. The van der Waals surface area contributed by atoms with Crippen LogP contribution in [0.4, 0.5) is 0 Å². The van der Waals surface area contributed by atoms with E-state index in [0.717, 1.165) is 9.80 Å². The summed E-state index contributed by atoms with van der Waals surface area (Å²) in [6.07, 6.45) is 2.46. The number of rotatable bonds is 4. The van der Waals surface area contributed by atoms with Crippen molar-refractivity contribution in [2.24, 2.45) is 0 Å². The predicted molar refractivity (Wildman–Crippen MR) is 75.9 cm³/mol. The Morgan fingerprint density at radius 3 is 1.90 bits per heavy atom. The van der Waals surface area contributed by atoms with E-state index in [0.29, 0.717) is 0 Å². The molecule has 112 valence electrons. The summed E-state index contributed by atoms with van der Waals surface area (Å²) >= 11 is 1.35. The molecule has 2 heterocycles. The molecule has 4 amide bonds. The first kappa shape index (κ1) is 16.7. The quantitative estimate of drug-likeness (QED) is 0.713. The van der Waals surface area contributed by atoms with Crippen LogP contribution in [-0.2, 0) is 19.2 Å². The number of hydrogen-bond donors (Lipinski definition) is 0. The molecule has 2 rings (SSSR count). The van der Waals surface area contributed by atoms with Gasteiger partial charge in [0.25, 0.3) is 0 Å². The minimum Gasteiger partial charge on any atom is -0.281 e. The van der Waals surface area contributed by atoms with Crippen molar-refractivity contribution >= 4 is 35.4 Å². The number of amides is 4. The molecule has 0 saturated carbocycles. The lowest BCUT2D eigenvalue weighted by atomic mass is 10.4. The highest BCUT2D eigenvalue weighted by Crippen LogP contribution is 2.23. The van der Waals surface area contributed by atoms with E-state index in [2.05, 4.69) is 0 Å². The van der Waals surface area contributed by atoms with E-state index in [4.69, 9.17) is 0 Å². The molecule has 2 fully saturated rings. The molecule has 2 saturated heterocycles. The highest BCUT2D eigenvalue weighted by molar-refractivity contribution is 8.00. The lowest BCUT2D eigenvalue weighted by Gasteiger charge is -2.19. The first-order chi connectivity index (χ1) is 9.54. The number of nitrogens with zero attached hydrogens (tertiary/aromatic N) is 2. The maximum atomic E-state index is 11.8. The minimum atomic E-state index is -0.317. The highest BCUT2D eigenvalue weighted by atomic mass is 32.2. The molecule has 0 spiro atoms. The molecule has 0 aliphatic carbocycles. The Morgan fingerprint density at radius 2 is 1.45 bits per heavy atom. The van der Waals surface area contributed by atoms with E-state index >= 15 is 0 Å². The Morgan fingerprint density at radius 1 is 0.950 bits per heavy atom. The van der Waals surface area contributed by atoms with Gasteiger partial charge in [0.05, 0.1) is 5.25 Å². The molecule has 0 aromatic carbocycles. The Kier molecular flexibility index (Phi) is 6.19. The van der Waals surface area contributed by atoms with E-state index in [1.165, 1.54) is 11.8 Å². The number of likely N-dealkylation sites (tertiary alicyclic amines) is 2. The third kappa shape index (κ3) is 3.39. The summed E-state index contributed by atoms with van der Waals surface area (Å²) < 4.78 is 0. The summed E-state index contributed by atoms with van der Waals surface area (Å²) in [5.74, 6) is -0.883. The summed E-state index contributed by atoms with van der Waals surface area (Å²) in [7, 11) is 0. The van der Waals surface area contributed by atoms with Crippen molar-refractivity contribution in [3.8, 4) is 0 Å². The van der Waals surface area contributed by atoms with Crippen LogP contribution in [0.25, 0.3) is 0 Å². The van der Waals surface area contributed by atoms with Crippen LogP contribution in [-0.4, -0.2) is 58.0 Å². The van der Waals surface area contributed by atoms with Crippen LogP contribution in [0.1, 0.15) is 33.1 Å². The number of carbonyl (C=O) groups is 4. The predicted octanol–water partition coefficient (Wildman–Crippen LogP) is 0.652. The average Bonchev–Trinajstić information content (AvgIpc) is 2.91. The molecule has 2 aliphatic heterocycles. The van der Waals surface area contributed by atoms with Crippen molar-refractivity contribution in [2.45, 2.75) is 38.4 Å².